The predicted molar refractivity (Wildman–Crippen MR) is 71.2 cm³/mol. The molecule has 2 unspecified atom stereocenters. The zero-order valence-electron chi connectivity index (χ0n) is 10.5. The lowest BCUT2D eigenvalue weighted by Gasteiger charge is -2.21. The Kier molecular flexibility index (Phi) is 4.60. The van der Waals surface area contributed by atoms with Gasteiger partial charge in [-0.1, -0.05) is 19.3 Å². The SMILES string of the molecule is COc1ccsc1C(=O)NC1CCCCCC1O. The molecular weight excluding hydrogens is 250 g/mol. The summed E-state index contributed by atoms with van der Waals surface area (Å²) in [5.74, 6) is 0.452. The van der Waals surface area contributed by atoms with E-state index in [0.717, 1.165) is 32.1 Å². The van der Waals surface area contributed by atoms with Gasteiger partial charge in [0.15, 0.2) is 0 Å². The lowest BCUT2D eigenvalue weighted by Crippen LogP contribution is -2.42. The fourth-order valence-electron chi connectivity index (χ4n) is 2.31. The molecule has 1 aliphatic rings. The highest BCUT2D eigenvalue weighted by molar-refractivity contribution is 7.12. The molecule has 0 aromatic carbocycles. The van der Waals surface area contributed by atoms with Gasteiger partial charge in [-0.25, -0.2) is 0 Å². The summed E-state index contributed by atoms with van der Waals surface area (Å²) in [6.07, 6.45) is 4.42. The van der Waals surface area contributed by atoms with Crippen LogP contribution in [0.1, 0.15) is 41.8 Å². The summed E-state index contributed by atoms with van der Waals surface area (Å²) in [4.78, 5) is 12.7. The van der Waals surface area contributed by atoms with Crippen molar-refractivity contribution >= 4 is 17.2 Å². The van der Waals surface area contributed by atoms with Crippen molar-refractivity contribution in [2.45, 2.75) is 44.2 Å². The minimum absolute atomic E-state index is 0.133. The summed E-state index contributed by atoms with van der Waals surface area (Å²) in [6.45, 7) is 0. The lowest BCUT2D eigenvalue weighted by molar-refractivity contribution is 0.0820. The molecule has 0 spiro atoms. The molecule has 0 bridgehead atoms. The smallest absolute Gasteiger partial charge is 0.265 e. The molecule has 1 saturated carbocycles. The number of carbonyl (C=O) groups excluding carboxylic acids is 1. The van der Waals surface area contributed by atoms with E-state index in [1.165, 1.54) is 11.3 Å². The number of hydrogen-bond donors (Lipinski definition) is 2. The number of aliphatic hydroxyl groups is 1. The van der Waals surface area contributed by atoms with E-state index in [0.29, 0.717) is 10.6 Å². The van der Waals surface area contributed by atoms with E-state index in [1.54, 1.807) is 13.2 Å². The van der Waals surface area contributed by atoms with E-state index >= 15 is 0 Å². The van der Waals surface area contributed by atoms with Gasteiger partial charge in [0.05, 0.1) is 19.3 Å². The summed E-state index contributed by atoms with van der Waals surface area (Å²) < 4.78 is 5.13. The van der Waals surface area contributed by atoms with Crippen LogP contribution in [-0.4, -0.2) is 30.3 Å². The Balaban J connectivity index is 2.01. The number of aliphatic hydroxyl groups excluding tert-OH is 1. The molecule has 1 amide bonds. The van der Waals surface area contributed by atoms with Crippen molar-refractivity contribution in [2.75, 3.05) is 7.11 Å². The average molecular weight is 269 g/mol. The maximum absolute atomic E-state index is 12.1. The molecule has 2 atom stereocenters. The van der Waals surface area contributed by atoms with E-state index in [1.807, 2.05) is 5.38 Å². The Morgan fingerprint density at radius 3 is 3.00 bits per heavy atom. The summed E-state index contributed by atoms with van der Waals surface area (Å²) in [6, 6.07) is 1.65. The third-order valence-electron chi connectivity index (χ3n) is 3.35. The maximum Gasteiger partial charge on any atom is 0.265 e. The minimum atomic E-state index is -0.428. The Morgan fingerprint density at radius 2 is 2.22 bits per heavy atom. The fourth-order valence-corrected chi connectivity index (χ4v) is 3.08. The molecule has 1 heterocycles. The third-order valence-corrected chi connectivity index (χ3v) is 4.25. The van der Waals surface area contributed by atoms with Crippen molar-refractivity contribution in [1.29, 1.82) is 0 Å². The van der Waals surface area contributed by atoms with E-state index in [-0.39, 0.29) is 11.9 Å². The highest BCUT2D eigenvalue weighted by Crippen LogP contribution is 2.25. The van der Waals surface area contributed by atoms with Gasteiger partial charge in [-0.05, 0) is 24.3 Å². The van der Waals surface area contributed by atoms with Crippen molar-refractivity contribution < 1.29 is 14.6 Å². The highest BCUT2D eigenvalue weighted by Gasteiger charge is 2.25. The Bertz CT molecular complexity index is 405. The number of amides is 1. The third kappa shape index (κ3) is 3.03. The molecule has 1 aromatic rings. The van der Waals surface area contributed by atoms with Crippen LogP contribution in [0.15, 0.2) is 11.4 Å². The molecular formula is C13H19NO3S. The summed E-state index contributed by atoms with van der Waals surface area (Å²) in [5, 5.41) is 14.7. The Hall–Kier alpha value is -1.07. The van der Waals surface area contributed by atoms with Crippen molar-refractivity contribution in [2.24, 2.45) is 0 Å². The number of hydrogen-bond acceptors (Lipinski definition) is 4. The normalized spacial score (nSPS) is 24.3. The molecule has 4 nitrogen and oxygen atoms in total. The van der Waals surface area contributed by atoms with Crippen molar-refractivity contribution in [3.8, 4) is 5.75 Å². The van der Waals surface area contributed by atoms with Gasteiger partial charge in [-0.15, -0.1) is 11.3 Å². The zero-order valence-corrected chi connectivity index (χ0v) is 11.3. The molecule has 1 fully saturated rings. The first kappa shape index (κ1) is 13.4. The topological polar surface area (TPSA) is 58.6 Å². The van der Waals surface area contributed by atoms with Crippen LogP contribution >= 0.6 is 11.3 Å². The van der Waals surface area contributed by atoms with Crippen molar-refractivity contribution in [3.05, 3.63) is 16.3 Å². The van der Waals surface area contributed by atoms with Crippen molar-refractivity contribution in [3.63, 3.8) is 0 Å². The number of thiophene rings is 1. The molecule has 18 heavy (non-hydrogen) atoms. The predicted octanol–water partition coefficient (Wildman–Crippen LogP) is 2.18. The van der Waals surface area contributed by atoms with Gasteiger partial charge in [-0.2, -0.15) is 0 Å². The number of methoxy groups -OCH3 is 1. The van der Waals surface area contributed by atoms with Gasteiger partial charge in [0.1, 0.15) is 10.6 Å². The molecule has 100 valence electrons. The average Bonchev–Trinajstić information content (AvgIpc) is 2.76. The van der Waals surface area contributed by atoms with Gasteiger partial charge >= 0.3 is 0 Å². The van der Waals surface area contributed by atoms with E-state index < -0.39 is 6.10 Å². The van der Waals surface area contributed by atoms with Crippen LogP contribution in [0.25, 0.3) is 0 Å². The van der Waals surface area contributed by atoms with Gasteiger partial charge in [0.25, 0.3) is 5.91 Å². The number of rotatable bonds is 3. The summed E-state index contributed by atoms with van der Waals surface area (Å²) in [7, 11) is 1.55. The molecule has 0 saturated heterocycles. The first-order chi connectivity index (χ1) is 8.72. The standard InChI is InChI=1S/C13H19NO3S/c1-17-11-7-8-18-12(11)13(16)14-9-5-3-2-4-6-10(9)15/h7-10,15H,2-6H2,1H3,(H,14,16). The fraction of sp³-hybridized carbons (Fsp3) is 0.615. The van der Waals surface area contributed by atoms with Crippen LogP contribution in [0.2, 0.25) is 0 Å². The second kappa shape index (κ2) is 6.20. The second-order valence-electron chi connectivity index (χ2n) is 4.60. The monoisotopic (exact) mass is 269 g/mol. The molecule has 5 heteroatoms. The zero-order chi connectivity index (χ0) is 13.0. The summed E-state index contributed by atoms with van der Waals surface area (Å²) in [5.41, 5.74) is 0. The number of carbonyl (C=O) groups is 1. The second-order valence-corrected chi connectivity index (χ2v) is 5.52. The van der Waals surface area contributed by atoms with Crippen molar-refractivity contribution in [1.82, 2.24) is 5.32 Å². The van der Waals surface area contributed by atoms with Crippen LogP contribution in [-0.2, 0) is 0 Å². The quantitative estimate of drug-likeness (QED) is 0.827. The Labute approximate surface area is 111 Å². The molecule has 1 aliphatic carbocycles. The molecule has 2 N–H and O–H groups in total. The molecule has 2 rings (SSSR count). The molecule has 1 aromatic heterocycles. The van der Waals surface area contributed by atoms with E-state index in [2.05, 4.69) is 5.32 Å². The Morgan fingerprint density at radius 1 is 1.44 bits per heavy atom. The largest absolute Gasteiger partial charge is 0.495 e. The van der Waals surface area contributed by atoms with Gasteiger partial charge in [0, 0.05) is 0 Å². The van der Waals surface area contributed by atoms with Crippen LogP contribution in [0.5, 0.6) is 5.75 Å². The maximum atomic E-state index is 12.1. The van der Waals surface area contributed by atoms with E-state index in [9.17, 15) is 9.90 Å². The van der Waals surface area contributed by atoms with Crippen LogP contribution in [0, 0.1) is 0 Å². The van der Waals surface area contributed by atoms with Gasteiger partial charge in [0.2, 0.25) is 0 Å². The van der Waals surface area contributed by atoms with Gasteiger partial charge < -0.3 is 15.2 Å². The number of ether oxygens (including phenoxy) is 1. The minimum Gasteiger partial charge on any atom is -0.495 e. The lowest BCUT2D eigenvalue weighted by atomic mass is 10.1. The van der Waals surface area contributed by atoms with Crippen LogP contribution < -0.4 is 10.1 Å². The first-order valence-electron chi connectivity index (χ1n) is 6.33. The van der Waals surface area contributed by atoms with Crippen LogP contribution in [0.4, 0.5) is 0 Å². The highest BCUT2D eigenvalue weighted by atomic mass is 32.1. The van der Waals surface area contributed by atoms with Crippen LogP contribution in [0.3, 0.4) is 0 Å². The number of nitrogens with one attached hydrogen (secondary N) is 1. The first-order valence-corrected chi connectivity index (χ1v) is 7.20. The molecule has 0 aliphatic heterocycles. The molecule has 0 radical (unpaired) electrons. The van der Waals surface area contributed by atoms with E-state index in [4.69, 9.17) is 4.74 Å². The summed E-state index contributed by atoms with van der Waals surface area (Å²) >= 11 is 1.36. The van der Waals surface area contributed by atoms with Gasteiger partial charge in [-0.3, -0.25) is 4.79 Å².